The molecule has 0 fully saturated rings. The number of rotatable bonds is 9. The van der Waals surface area contributed by atoms with E-state index in [0.29, 0.717) is 19.8 Å². The Morgan fingerprint density at radius 3 is 2.16 bits per heavy atom. The van der Waals surface area contributed by atoms with E-state index in [0.717, 1.165) is 13.0 Å². The van der Waals surface area contributed by atoms with Gasteiger partial charge < -0.3 is 14.2 Å². The molecule has 5 nitrogen and oxygen atoms in total. The Bertz CT molecular complexity index is 250. The summed E-state index contributed by atoms with van der Waals surface area (Å²) in [6, 6.07) is -0.272. The maximum absolute atomic E-state index is 12.1. The van der Waals surface area contributed by atoms with E-state index >= 15 is 0 Å². The lowest BCUT2D eigenvalue weighted by Gasteiger charge is -2.30. The van der Waals surface area contributed by atoms with Crippen LogP contribution in [-0.2, 0) is 19.0 Å². The molecule has 1 unspecified atom stereocenters. The first-order valence-corrected chi connectivity index (χ1v) is 6.76. The smallest absolute Gasteiger partial charge is 0.323 e. The molecule has 0 aromatic heterocycles. The highest BCUT2D eigenvalue weighted by Crippen LogP contribution is 2.11. The fourth-order valence-corrected chi connectivity index (χ4v) is 1.66. The van der Waals surface area contributed by atoms with Crippen molar-refractivity contribution in [3.8, 4) is 0 Å². The molecule has 5 heteroatoms. The highest BCUT2D eigenvalue weighted by molar-refractivity contribution is 5.75. The maximum atomic E-state index is 12.1. The van der Waals surface area contributed by atoms with Crippen LogP contribution in [0.3, 0.4) is 0 Å². The van der Waals surface area contributed by atoms with E-state index in [1.165, 1.54) is 0 Å². The van der Waals surface area contributed by atoms with Crippen LogP contribution in [0, 0.1) is 0 Å². The van der Waals surface area contributed by atoms with Crippen LogP contribution >= 0.6 is 0 Å². The van der Waals surface area contributed by atoms with Crippen LogP contribution in [-0.4, -0.2) is 63.0 Å². The first-order valence-electron chi connectivity index (χ1n) is 6.76. The van der Waals surface area contributed by atoms with Crippen molar-refractivity contribution in [2.75, 3.05) is 40.5 Å². The van der Waals surface area contributed by atoms with E-state index in [2.05, 4.69) is 4.90 Å². The van der Waals surface area contributed by atoms with Gasteiger partial charge >= 0.3 is 5.97 Å². The predicted octanol–water partition coefficient (Wildman–Crippen LogP) is 1.70. The SMILES string of the molecule is COCCCN(CCOC)C(C)C(=O)OC(C)(C)C. The summed E-state index contributed by atoms with van der Waals surface area (Å²) in [6.45, 7) is 10.3. The van der Waals surface area contributed by atoms with Gasteiger partial charge in [-0.05, 0) is 34.1 Å². The second-order valence-electron chi connectivity index (χ2n) is 5.58. The standard InChI is InChI=1S/C14H29NO4/c1-12(13(16)19-14(2,3)4)15(9-11-18-6)8-7-10-17-5/h12H,7-11H2,1-6H3. The van der Waals surface area contributed by atoms with Crippen molar-refractivity contribution in [1.29, 1.82) is 0 Å². The molecule has 0 aromatic carbocycles. The van der Waals surface area contributed by atoms with Crippen molar-refractivity contribution in [1.82, 2.24) is 4.90 Å². The van der Waals surface area contributed by atoms with E-state index in [1.807, 2.05) is 27.7 Å². The largest absolute Gasteiger partial charge is 0.459 e. The molecular formula is C14H29NO4. The monoisotopic (exact) mass is 275 g/mol. The van der Waals surface area contributed by atoms with Gasteiger partial charge in [-0.3, -0.25) is 9.69 Å². The van der Waals surface area contributed by atoms with E-state index in [-0.39, 0.29) is 12.0 Å². The van der Waals surface area contributed by atoms with Gasteiger partial charge in [0.25, 0.3) is 0 Å². The molecule has 0 saturated heterocycles. The molecule has 0 rings (SSSR count). The molecular weight excluding hydrogens is 246 g/mol. The van der Waals surface area contributed by atoms with Gasteiger partial charge in [-0.2, -0.15) is 0 Å². The normalized spacial score (nSPS) is 13.6. The second kappa shape index (κ2) is 9.28. The zero-order chi connectivity index (χ0) is 14.9. The number of hydrogen-bond donors (Lipinski definition) is 0. The summed E-state index contributed by atoms with van der Waals surface area (Å²) in [5.41, 5.74) is -0.454. The molecule has 0 amide bonds. The summed E-state index contributed by atoms with van der Waals surface area (Å²) in [4.78, 5) is 14.1. The Kier molecular flexibility index (Phi) is 8.97. The molecule has 0 saturated carbocycles. The summed E-state index contributed by atoms with van der Waals surface area (Å²) in [5.74, 6) is -0.194. The zero-order valence-corrected chi connectivity index (χ0v) is 13.2. The van der Waals surface area contributed by atoms with Crippen LogP contribution < -0.4 is 0 Å². The minimum atomic E-state index is -0.454. The molecule has 0 radical (unpaired) electrons. The third kappa shape index (κ3) is 8.97. The number of carbonyl (C=O) groups is 1. The summed E-state index contributed by atoms with van der Waals surface area (Å²) in [7, 11) is 3.34. The van der Waals surface area contributed by atoms with Gasteiger partial charge in [-0.25, -0.2) is 0 Å². The van der Waals surface area contributed by atoms with E-state index in [1.54, 1.807) is 14.2 Å². The van der Waals surface area contributed by atoms with Crippen LogP contribution in [0.2, 0.25) is 0 Å². The average molecular weight is 275 g/mol. The van der Waals surface area contributed by atoms with Crippen molar-refractivity contribution in [3.05, 3.63) is 0 Å². The van der Waals surface area contributed by atoms with Crippen LogP contribution in [0.25, 0.3) is 0 Å². The van der Waals surface area contributed by atoms with E-state index in [9.17, 15) is 4.79 Å². The number of nitrogens with zero attached hydrogens (tertiary/aromatic N) is 1. The van der Waals surface area contributed by atoms with Gasteiger partial charge in [-0.15, -0.1) is 0 Å². The summed E-state index contributed by atoms with van der Waals surface area (Å²) in [6.07, 6.45) is 0.882. The lowest BCUT2D eigenvalue weighted by atomic mass is 10.2. The third-order valence-electron chi connectivity index (χ3n) is 2.67. The summed E-state index contributed by atoms with van der Waals surface area (Å²) < 4.78 is 15.5. The fourth-order valence-electron chi connectivity index (χ4n) is 1.66. The Labute approximate surface area is 117 Å². The predicted molar refractivity (Wildman–Crippen MR) is 75.2 cm³/mol. The molecule has 1 atom stereocenters. The lowest BCUT2D eigenvalue weighted by Crippen LogP contribution is -2.44. The van der Waals surface area contributed by atoms with Crippen LogP contribution in [0.4, 0.5) is 0 Å². The fraction of sp³-hybridized carbons (Fsp3) is 0.929. The maximum Gasteiger partial charge on any atom is 0.323 e. The molecule has 0 aromatic rings. The van der Waals surface area contributed by atoms with Gasteiger partial charge in [0.15, 0.2) is 0 Å². The van der Waals surface area contributed by atoms with E-state index < -0.39 is 5.60 Å². The molecule has 0 aliphatic rings. The highest BCUT2D eigenvalue weighted by Gasteiger charge is 2.26. The molecule has 0 heterocycles. The van der Waals surface area contributed by atoms with Crippen molar-refractivity contribution in [2.45, 2.75) is 45.8 Å². The summed E-state index contributed by atoms with van der Waals surface area (Å²) >= 11 is 0. The van der Waals surface area contributed by atoms with Crippen molar-refractivity contribution in [2.24, 2.45) is 0 Å². The van der Waals surface area contributed by atoms with Gasteiger partial charge in [0.1, 0.15) is 11.6 Å². The topological polar surface area (TPSA) is 48.0 Å². The molecule has 0 N–H and O–H groups in total. The van der Waals surface area contributed by atoms with E-state index in [4.69, 9.17) is 14.2 Å². The highest BCUT2D eigenvalue weighted by atomic mass is 16.6. The number of methoxy groups -OCH3 is 2. The Balaban J connectivity index is 4.41. The van der Waals surface area contributed by atoms with Crippen LogP contribution in [0.5, 0.6) is 0 Å². The van der Waals surface area contributed by atoms with Crippen molar-refractivity contribution < 1.29 is 19.0 Å². The number of ether oxygens (including phenoxy) is 3. The Morgan fingerprint density at radius 1 is 1.11 bits per heavy atom. The van der Waals surface area contributed by atoms with Crippen molar-refractivity contribution in [3.63, 3.8) is 0 Å². The minimum Gasteiger partial charge on any atom is -0.459 e. The van der Waals surface area contributed by atoms with Crippen LogP contribution in [0.1, 0.15) is 34.1 Å². The summed E-state index contributed by atoms with van der Waals surface area (Å²) in [5, 5.41) is 0. The minimum absolute atomic E-state index is 0.194. The average Bonchev–Trinajstić information content (AvgIpc) is 2.30. The van der Waals surface area contributed by atoms with Gasteiger partial charge in [-0.1, -0.05) is 0 Å². The van der Waals surface area contributed by atoms with Gasteiger partial charge in [0.2, 0.25) is 0 Å². The van der Waals surface area contributed by atoms with Crippen LogP contribution in [0.15, 0.2) is 0 Å². The molecule has 0 bridgehead atoms. The second-order valence-corrected chi connectivity index (χ2v) is 5.58. The zero-order valence-electron chi connectivity index (χ0n) is 13.2. The number of carbonyl (C=O) groups excluding carboxylic acids is 1. The molecule has 0 aliphatic heterocycles. The first-order chi connectivity index (χ1) is 8.81. The quantitative estimate of drug-likeness (QED) is 0.473. The van der Waals surface area contributed by atoms with Gasteiger partial charge in [0, 0.05) is 33.9 Å². The first kappa shape index (κ1) is 18.4. The van der Waals surface area contributed by atoms with Gasteiger partial charge in [0.05, 0.1) is 6.61 Å². The molecule has 19 heavy (non-hydrogen) atoms. The third-order valence-corrected chi connectivity index (χ3v) is 2.67. The lowest BCUT2D eigenvalue weighted by molar-refractivity contribution is -0.161. The Morgan fingerprint density at radius 2 is 1.68 bits per heavy atom. The Hall–Kier alpha value is -0.650. The van der Waals surface area contributed by atoms with Crippen molar-refractivity contribution >= 4 is 5.97 Å². The number of hydrogen-bond acceptors (Lipinski definition) is 5. The molecule has 0 spiro atoms. The molecule has 0 aliphatic carbocycles. The number of esters is 1. The molecule has 114 valence electrons.